The van der Waals surface area contributed by atoms with Crippen LogP contribution in [0.15, 0.2) is 40.2 Å². The summed E-state index contributed by atoms with van der Waals surface area (Å²) in [6.45, 7) is 1.60. The van der Waals surface area contributed by atoms with E-state index in [0.29, 0.717) is 5.69 Å². The first kappa shape index (κ1) is 11.4. The third-order valence-corrected chi connectivity index (χ3v) is 2.40. The van der Waals surface area contributed by atoms with Crippen molar-refractivity contribution in [2.45, 2.75) is 6.92 Å². The summed E-state index contributed by atoms with van der Waals surface area (Å²) in [5.41, 5.74) is 0.896. The summed E-state index contributed by atoms with van der Waals surface area (Å²) in [5.74, 6) is 0. The molecule has 0 fully saturated rings. The third-order valence-electron chi connectivity index (χ3n) is 2.14. The van der Waals surface area contributed by atoms with E-state index in [1.807, 2.05) is 30.3 Å². The summed E-state index contributed by atoms with van der Waals surface area (Å²) in [6, 6.07) is 9.46. The van der Waals surface area contributed by atoms with E-state index in [9.17, 15) is 4.79 Å². The third kappa shape index (κ3) is 2.54. The standard InChI is InChI=1S/C11H10N4OS/c1-8-10(16)15(11(17)14-13-8)12-7-9-5-3-2-4-6-9/h2-7H,1H3,(H,14,17)/b12-7+. The van der Waals surface area contributed by atoms with Gasteiger partial charge in [0.25, 0.3) is 5.56 Å². The van der Waals surface area contributed by atoms with E-state index in [2.05, 4.69) is 15.3 Å². The molecule has 1 N–H and O–H groups in total. The number of hydrogen-bond acceptors (Lipinski definition) is 4. The number of nitrogens with zero attached hydrogens (tertiary/aromatic N) is 3. The van der Waals surface area contributed by atoms with Crippen LogP contribution in [0.25, 0.3) is 0 Å². The van der Waals surface area contributed by atoms with Gasteiger partial charge in [-0.1, -0.05) is 30.3 Å². The van der Waals surface area contributed by atoms with Crippen molar-refractivity contribution in [1.29, 1.82) is 0 Å². The quantitative estimate of drug-likeness (QED) is 0.645. The van der Waals surface area contributed by atoms with Crippen molar-refractivity contribution in [1.82, 2.24) is 14.9 Å². The number of nitrogens with one attached hydrogen (secondary N) is 1. The minimum Gasteiger partial charge on any atom is -0.265 e. The van der Waals surface area contributed by atoms with Crippen LogP contribution in [0.3, 0.4) is 0 Å². The van der Waals surface area contributed by atoms with Crippen molar-refractivity contribution in [3.8, 4) is 0 Å². The maximum Gasteiger partial charge on any atom is 0.296 e. The van der Waals surface area contributed by atoms with E-state index < -0.39 is 0 Å². The molecule has 1 aromatic heterocycles. The number of benzene rings is 1. The smallest absolute Gasteiger partial charge is 0.265 e. The van der Waals surface area contributed by atoms with Crippen LogP contribution in [0, 0.1) is 11.7 Å². The largest absolute Gasteiger partial charge is 0.296 e. The molecule has 1 aromatic carbocycles. The number of H-pyrrole nitrogens is 1. The Kier molecular flexibility index (Phi) is 3.24. The van der Waals surface area contributed by atoms with E-state index in [4.69, 9.17) is 12.2 Å². The average Bonchev–Trinajstić information content (AvgIpc) is 2.35. The van der Waals surface area contributed by atoms with Gasteiger partial charge in [-0.05, 0) is 24.7 Å². The van der Waals surface area contributed by atoms with Crippen LogP contribution in [0.2, 0.25) is 0 Å². The van der Waals surface area contributed by atoms with E-state index >= 15 is 0 Å². The van der Waals surface area contributed by atoms with Gasteiger partial charge in [0.05, 0.1) is 6.21 Å². The Balaban J connectivity index is 2.44. The van der Waals surface area contributed by atoms with Crippen LogP contribution in [0.4, 0.5) is 0 Å². The Bertz CT molecular complexity index is 657. The van der Waals surface area contributed by atoms with E-state index in [0.717, 1.165) is 10.2 Å². The molecule has 1 heterocycles. The van der Waals surface area contributed by atoms with Gasteiger partial charge in [0.15, 0.2) is 0 Å². The zero-order chi connectivity index (χ0) is 12.3. The minimum atomic E-state index is -0.319. The fourth-order valence-electron chi connectivity index (χ4n) is 1.24. The first-order chi connectivity index (χ1) is 8.18. The zero-order valence-electron chi connectivity index (χ0n) is 9.12. The molecule has 6 heteroatoms. The molecule has 86 valence electrons. The van der Waals surface area contributed by atoms with Crippen LogP contribution in [-0.4, -0.2) is 21.1 Å². The van der Waals surface area contributed by atoms with Gasteiger partial charge in [-0.15, -0.1) is 0 Å². The molecule has 2 aromatic rings. The average molecular weight is 246 g/mol. The number of aromatic amines is 1. The number of hydrogen-bond donors (Lipinski definition) is 1. The van der Waals surface area contributed by atoms with Gasteiger partial charge >= 0.3 is 0 Å². The van der Waals surface area contributed by atoms with Crippen LogP contribution in [0.5, 0.6) is 0 Å². The lowest BCUT2D eigenvalue weighted by molar-refractivity contribution is 0.720. The molecular weight excluding hydrogens is 236 g/mol. The molecule has 0 aliphatic heterocycles. The van der Waals surface area contributed by atoms with Gasteiger partial charge < -0.3 is 0 Å². The van der Waals surface area contributed by atoms with Crippen molar-refractivity contribution < 1.29 is 0 Å². The lowest BCUT2D eigenvalue weighted by Gasteiger charge is -1.98. The maximum atomic E-state index is 11.7. The molecule has 0 aliphatic rings. The zero-order valence-corrected chi connectivity index (χ0v) is 9.94. The van der Waals surface area contributed by atoms with Gasteiger partial charge in [0, 0.05) is 0 Å². The molecule has 0 unspecified atom stereocenters. The molecule has 0 radical (unpaired) electrons. The normalized spacial score (nSPS) is 10.9. The van der Waals surface area contributed by atoms with Gasteiger partial charge in [-0.25, -0.2) is 0 Å². The molecule has 2 rings (SSSR count). The second-order valence-corrected chi connectivity index (χ2v) is 3.77. The van der Waals surface area contributed by atoms with E-state index in [-0.39, 0.29) is 10.3 Å². The second kappa shape index (κ2) is 4.84. The summed E-state index contributed by atoms with van der Waals surface area (Å²) < 4.78 is 1.29. The summed E-state index contributed by atoms with van der Waals surface area (Å²) in [7, 11) is 0. The molecule has 0 saturated carbocycles. The first-order valence-corrected chi connectivity index (χ1v) is 5.37. The Hall–Kier alpha value is -2.08. The van der Waals surface area contributed by atoms with E-state index in [1.165, 1.54) is 0 Å². The van der Waals surface area contributed by atoms with Crippen molar-refractivity contribution in [3.05, 3.63) is 56.7 Å². The highest BCUT2D eigenvalue weighted by Crippen LogP contribution is 1.94. The molecule has 0 spiro atoms. The predicted molar refractivity (Wildman–Crippen MR) is 67.9 cm³/mol. The Morgan fingerprint density at radius 1 is 1.41 bits per heavy atom. The maximum absolute atomic E-state index is 11.7. The summed E-state index contributed by atoms with van der Waals surface area (Å²) in [4.78, 5) is 11.7. The molecule has 0 bridgehead atoms. The van der Waals surface area contributed by atoms with Gasteiger partial charge in [-0.3, -0.25) is 9.89 Å². The highest BCUT2D eigenvalue weighted by atomic mass is 32.1. The second-order valence-electron chi connectivity index (χ2n) is 3.39. The van der Waals surface area contributed by atoms with Crippen molar-refractivity contribution >= 4 is 18.4 Å². The first-order valence-electron chi connectivity index (χ1n) is 4.96. The number of rotatable bonds is 2. The fourth-order valence-corrected chi connectivity index (χ4v) is 1.42. The fraction of sp³-hybridized carbons (Fsp3) is 0.0909. The minimum absolute atomic E-state index is 0.174. The summed E-state index contributed by atoms with van der Waals surface area (Å²) in [6.07, 6.45) is 1.57. The lowest BCUT2D eigenvalue weighted by Crippen LogP contribution is -2.22. The molecule has 0 atom stereocenters. The highest BCUT2D eigenvalue weighted by molar-refractivity contribution is 7.71. The topological polar surface area (TPSA) is 63.0 Å². The number of aromatic nitrogens is 3. The molecule has 17 heavy (non-hydrogen) atoms. The monoisotopic (exact) mass is 246 g/mol. The molecule has 0 amide bonds. The van der Waals surface area contributed by atoms with Crippen molar-refractivity contribution in [2.24, 2.45) is 5.10 Å². The van der Waals surface area contributed by atoms with Gasteiger partial charge in [0.2, 0.25) is 4.77 Å². The molecular formula is C11H10N4OS. The highest BCUT2D eigenvalue weighted by Gasteiger charge is 2.00. The summed E-state index contributed by atoms with van der Waals surface area (Å²) >= 11 is 4.95. The van der Waals surface area contributed by atoms with Crippen LogP contribution in [-0.2, 0) is 0 Å². The molecule has 5 nitrogen and oxygen atoms in total. The van der Waals surface area contributed by atoms with E-state index in [1.54, 1.807) is 13.1 Å². The van der Waals surface area contributed by atoms with Crippen molar-refractivity contribution in [2.75, 3.05) is 0 Å². The van der Waals surface area contributed by atoms with Crippen LogP contribution < -0.4 is 5.56 Å². The van der Waals surface area contributed by atoms with Gasteiger partial charge in [-0.2, -0.15) is 14.9 Å². The lowest BCUT2D eigenvalue weighted by atomic mass is 10.2. The number of aryl methyl sites for hydroxylation is 1. The van der Waals surface area contributed by atoms with Crippen LogP contribution in [0.1, 0.15) is 11.3 Å². The summed E-state index contributed by atoms with van der Waals surface area (Å²) in [5, 5.41) is 10.4. The SMILES string of the molecule is Cc1n[nH]c(=S)n(/N=C/c2ccccc2)c1=O. The predicted octanol–water partition coefficient (Wildman–Crippen LogP) is 1.49. The van der Waals surface area contributed by atoms with Crippen molar-refractivity contribution in [3.63, 3.8) is 0 Å². The Morgan fingerprint density at radius 3 is 2.82 bits per heavy atom. The van der Waals surface area contributed by atoms with Gasteiger partial charge in [0.1, 0.15) is 5.69 Å². The molecule has 0 aliphatic carbocycles. The Labute approximate surface area is 102 Å². The van der Waals surface area contributed by atoms with Crippen LogP contribution >= 0.6 is 12.2 Å². The Morgan fingerprint density at radius 2 is 2.12 bits per heavy atom. The molecule has 0 saturated heterocycles.